The molecule has 0 aliphatic rings. The van der Waals surface area contributed by atoms with Crippen LogP contribution < -0.4 is 0 Å². The van der Waals surface area contributed by atoms with E-state index in [0.29, 0.717) is 6.42 Å². The third-order valence-electron chi connectivity index (χ3n) is 2.28. The van der Waals surface area contributed by atoms with Crippen LogP contribution in [0.1, 0.15) is 23.7 Å². The van der Waals surface area contributed by atoms with Gasteiger partial charge in [-0.05, 0) is 30.7 Å². The van der Waals surface area contributed by atoms with Crippen LogP contribution in [0, 0.1) is 0 Å². The van der Waals surface area contributed by atoms with Gasteiger partial charge in [-0.2, -0.15) is 0 Å². The first kappa shape index (κ1) is 14.6. The predicted molar refractivity (Wildman–Crippen MR) is 64.6 cm³/mol. The lowest BCUT2D eigenvalue weighted by molar-refractivity contribution is -0.0482. The van der Waals surface area contributed by atoms with Crippen LogP contribution in [0.5, 0.6) is 0 Å². The molecule has 0 spiro atoms. The van der Waals surface area contributed by atoms with Gasteiger partial charge >= 0.3 is 5.97 Å². The molecule has 1 aromatic carbocycles. The first-order valence-electron chi connectivity index (χ1n) is 5.33. The molecule has 0 aromatic heterocycles. The molecule has 1 rings (SSSR count). The van der Waals surface area contributed by atoms with Gasteiger partial charge in [0.1, 0.15) is 0 Å². The van der Waals surface area contributed by atoms with Crippen LogP contribution in [0.3, 0.4) is 0 Å². The quantitative estimate of drug-likeness (QED) is 0.791. The SMILES string of the molecule is CCCN(OC)S(=O)(=O)c1ccc(C(=O)O)cc1. The lowest BCUT2D eigenvalue weighted by atomic mass is 10.2. The monoisotopic (exact) mass is 273 g/mol. The molecule has 0 heterocycles. The van der Waals surface area contributed by atoms with Crippen LogP contribution in [-0.4, -0.2) is 37.6 Å². The minimum atomic E-state index is -3.74. The van der Waals surface area contributed by atoms with Gasteiger partial charge < -0.3 is 5.11 Å². The molecule has 100 valence electrons. The van der Waals surface area contributed by atoms with Crippen molar-refractivity contribution in [3.63, 3.8) is 0 Å². The van der Waals surface area contributed by atoms with Gasteiger partial charge in [0.15, 0.2) is 0 Å². The van der Waals surface area contributed by atoms with Crippen LogP contribution in [0.25, 0.3) is 0 Å². The summed E-state index contributed by atoms with van der Waals surface area (Å²) >= 11 is 0. The molecule has 0 fully saturated rings. The van der Waals surface area contributed by atoms with E-state index in [0.717, 1.165) is 4.47 Å². The summed E-state index contributed by atoms with van der Waals surface area (Å²) in [5.41, 5.74) is 0.0356. The summed E-state index contributed by atoms with van der Waals surface area (Å²) in [5, 5.41) is 8.73. The fourth-order valence-corrected chi connectivity index (χ4v) is 2.71. The molecule has 0 saturated carbocycles. The van der Waals surface area contributed by atoms with Gasteiger partial charge in [0, 0.05) is 6.54 Å². The topological polar surface area (TPSA) is 83.9 Å². The maximum atomic E-state index is 12.1. The fraction of sp³-hybridized carbons (Fsp3) is 0.364. The Kier molecular flexibility index (Phi) is 4.83. The van der Waals surface area contributed by atoms with Crippen molar-refractivity contribution >= 4 is 16.0 Å². The molecule has 0 unspecified atom stereocenters. The standard InChI is InChI=1S/C11H15NO5S/c1-3-8-12(17-2)18(15,16)10-6-4-9(5-7-10)11(13)14/h4-7H,3,8H2,1-2H3,(H,13,14). The second kappa shape index (κ2) is 5.94. The van der Waals surface area contributed by atoms with Crippen molar-refractivity contribution in [2.24, 2.45) is 0 Å². The lowest BCUT2D eigenvalue weighted by Gasteiger charge is -2.18. The summed E-state index contributed by atoms with van der Waals surface area (Å²) in [7, 11) is -2.46. The summed E-state index contributed by atoms with van der Waals surface area (Å²) in [6.07, 6.45) is 0.611. The molecule has 0 radical (unpaired) electrons. The van der Waals surface area contributed by atoms with E-state index in [1.54, 1.807) is 0 Å². The summed E-state index contributed by atoms with van der Waals surface area (Å²) in [6.45, 7) is 2.06. The zero-order valence-electron chi connectivity index (χ0n) is 10.2. The smallest absolute Gasteiger partial charge is 0.335 e. The number of aromatic carboxylic acids is 1. The first-order valence-corrected chi connectivity index (χ1v) is 6.77. The Morgan fingerprint density at radius 3 is 2.28 bits per heavy atom. The molecule has 7 heteroatoms. The molecular formula is C11H15NO5S. The van der Waals surface area contributed by atoms with Crippen LogP contribution in [0.2, 0.25) is 0 Å². The number of hydroxylamine groups is 1. The maximum Gasteiger partial charge on any atom is 0.335 e. The summed E-state index contributed by atoms with van der Waals surface area (Å²) in [4.78, 5) is 15.5. The average Bonchev–Trinajstić information content (AvgIpc) is 2.35. The van der Waals surface area contributed by atoms with E-state index in [1.807, 2.05) is 6.92 Å². The predicted octanol–water partition coefficient (Wildman–Crippen LogP) is 1.35. The third kappa shape index (κ3) is 3.06. The normalized spacial score (nSPS) is 11.7. The van der Waals surface area contributed by atoms with Crippen molar-refractivity contribution in [1.82, 2.24) is 4.47 Å². The Labute approximate surface area is 106 Å². The van der Waals surface area contributed by atoms with E-state index in [4.69, 9.17) is 9.94 Å². The van der Waals surface area contributed by atoms with E-state index >= 15 is 0 Å². The zero-order valence-corrected chi connectivity index (χ0v) is 11.0. The van der Waals surface area contributed by atoms with E-state index < -0.39 is 16.0 Å². The number of carboxylic acid groups (broad SMARTS) is 1. The van der Waals surface area contributed by atoms with Crippen molar-refractivity contribution in [2.45, 2.75) is 18.2 Å². The van der Waals surface area contributed by atoms with Gasteiger partial charge in [0.05, 0.1) is 17.6 Å². The Morgan fingerprint density at radius 2 is 1.89 bits per heavy atom. The van der Waals surface area contributed by atoms with Gasteiger partial charge in [-0.15, -0.1) is 0 Å². The van der Waals surface area contributed by atoms with Gasteiger partial charge in [0.25, 0.3) is 10.0 Å². The van der Waals surface area contributed by atoms with Crippen molar-refractivity contribution < 1.29 is 23.2 Å². The molecule has 0 aliphatic carbocycles. The van der Waals surface area contributed by atoms with Gasteiger partial charge in [-0.25, -0.2) is 13.2 Å². The molecule has 1 N–H and O–H groups in total. The molecule has 0 aliphatic heterocycles. The van der Waals surface area contributed by atoms with Gasteiger partial charge in [-0.3, -0.25) is 4.84 Å². The summed E-state index contributed by atoms with van der Waals surface area (Å²) < 4.78 is 25.1. The summed E-state index contributed by atoms with van der Waals surface area (Å²) in [5.74, 6) is -1.10. The van der Waals surface area contributed by atoms with Crippen LogP contribution in [0.15, 0.2) is 29.2 Å². The third-order valence-corrected chi connectivity index (χ3v) is 4.01. The second-order valence-electron chi connectivity index (χ2n) is 3.54. The van der Waals surface area contributed by atoms with Crippen LogP contribution in [-0.2, 0) is 14.9 Å². The fourth-order valence-electron chi connectivity index (χ4n) is 1.38. The minimum absolute atomic E-state index is 0.00259. The highest BCUT2D eigenvalue weighted by Gasteiger charge is 2.23. The highest BCUT2D eigenvalue weighted by atomic mass is 32.2. The number of rotatable bonds is 6. The Hall–Kier alpha value is -1.44. The van der Waals surface area contributed by atoms with Crippen molar-refractivity contribution in [3.05, 3.63) is 29.8 Å². The molecule has 0 atom stereocenters. The Balaban J connectivity index is 3.08. The number of hydrogen-bond donors (Lipinski definition) is 1. The van der Waals surface area contributed by atoms with Crippen molar-refractivity contribution in [3.8, 4) is 0 Å². The Morgan fingerprint density at radius 1 is 1.33 bits per heavy atom. The maximum absolute atomic E-state index is 12.1. The second-order valence-corrected chi connectivity index (χ2v) is 5.37. The van der Waals surface area contributed by atoms with Crippen molar-refractivity contribution in [1.29, 1.82) is 0 Å². The van der Waals surface area contributed by atoms with Crippen LogP contribution >= 0.6 is 0 Å². The van der Waals surface area contributed by atoms with E-state index in [9.17, 15) is 13.2 Å². The number of benzene rings is 1. The Bertz CT molecular complexity index is 509. The van der Waals surface area contributed by atoms with E-state index in [1.165, 1.54) is 31.4 Å². The highest BCUT2D eigenvalue weighted by Crippen LogP contribution is 2.16. The first-order chi connectivity index (χ1) is 8.43. The average molecular weight is 273 g/mol. The molecule has 0 bridgehead atoms. The lowest BCUT2D eigenvalue weighted by Crippen LogP contribution is -2.30. The number of carboxylic acids is 1. The summed E-state index contributed by atoms with van der Waals surface area (Å²) in [6, 6.07) is 4.99. The molecule has 0 amide bonds. The van der Waals surface area contributed by atoms with Gasteiger partial charge in [0.2, 0.25) is 0 Å². The highest BCUT2D eigenvalue weighted by molar-refractivity contribution is 7.89. The number of sulfonamides is 1. The zero-order chi connectivity index (χ0) is 13.8. The molecule has 0 saturated heterocycles. The molecule has 1 aromatic rings. The minimum Gasteiger partial charge on any atom is -0.478 e. The largest absolute Gasteiger partial charge is 0.478 e. The van der Waals surface area contributed by atoms with Gasteiger partial charge in [-0.1, -0.05) is 11.4 Å². The number of hydrogen-bond acceptors (Lipinski definition) is 4. The van der Waals surface area contributed by atoms with E-state index in [-0.39, 0.29) is 17.0 Å². The number of carbonyl (C=O) groups is 1. The van der Waals surface area contributed by atoms with Crippen molar-refractivity contribution in [2.75, 3.05) is 13.7 Å². The molecule has 18 heavy (non-hydrogen) atoms. The molecular weight excluding hydrogens is 258 g/mol. The number of nitrogens with zero attached hydrogens (tertiary/aromatic N) is 1. The molecule has 6 nitrogen and oxygen atoms in total. The van der Waals surface area contributed by atoms with E-state index in [2.05, 4.69) is 0 Å². The van der Waals surface area contributed by atoms with Crippen LogP contribution in [0.4, 0.5) is 0 Å².